The number of anilines is 2. The van der Waals surface area contributed by atoms with E-state index in [0.29, 0.717) is 11.5 Å². The third-order valence-corrected chi connectivity index (χ3v) is 5.11. The van der Waals surface area contributed by atoms with E-state index in [-0.39, 0.29) is 11.9 Å². The highest BCUT2D eigenvalue weighted by Crippen LogP contribution is 2.39. The van der Waals surface area contributed by atoms with Crippen molar-refractivity contribution in [2.75, 3.05) is 10.6 Å². The first-order chi connectivity index (χ1) is 14.2. The summed E-state index contributed by atoms with van der Waals surface area (Å²) in [5, 5.41) is 6.34. The molecule has 0 bridgehead atoms. The first-order valence-electron chi connectivity index (χ1n) is 9.43. The van der Waals surface area contributed by atoms with Gasteiger partial charge in [-0.05, 0) is 42.8 Å². The van der Waals surface area contributed by atoms with Gasteiger partial charge in [-0.2, -0.15) is 0 Å². The van der Waals surface area contributed by atoms with Gasteiger partial charge in [-0.3, -0.25) is 14.3 Å². The van der Waals surface area contributed by atoms with E-state index in [1.165, 1.54) is 0 Å². The van der Waals surface area contributed by atoms with Gasteiger partial charge in [0.15, 0.2) is 0 Å². The predicted molar refractivity (Wildman–Crippen MR) is 114 cm³/mol. The minimum atomic E-state index is -0.337. The molecule has 2 aromatic carbocycles. The van der Waals surface area contributed by atoms with Crippen molar-refractivity contribution < 1.29 is 4.79 Å². The largest absolute Gasteiger partial charge is 0.329 e. The fourth-order valence-electron chi connectivity index (χ4n) is 3.83. The smallest absolute Gasteiger partial charge is 0.255 e. The van der Waals surface area contributed by atoms with Gasteiger partial charge in [0.2, 0.25) is 5.95 Å². The molecule has 1 amide bonds. The van der Waals surface area contributed by atoms with Crippen LogP contribution in [0, 0.1) is 0 Å². The van der Waals surface area contributed by atoms with Gasteiger partial charge in [0.1, 0.15) is 0 Å². The summed E-state index contributed by atoms with van der Waals surface area (Å²) in [6.45, 7) is 1.91. The SMILES string of the molecule is CC1=C(C(=O)Nc2ccccc2)[C@@H](c2cccnc2)n2c(nc3ccccc32)N1. The van der Waals surface area contributed by atoms with Crippen LogP contribution >= 0.6 is 0 Å². The fourth-order valence-corrected chi connectivity index (χ4v) is 3.83. The zero-order valence-corrected chi connectivity index (χ0v) is 15.8. The van der Waals surface area contributed by atoms with Gasteiger partial charge in [-0.1, -0.05) is 36.4 Å². The number of nitrogens with one attached hydrogen (secondary N) is 2. The number of amides is 1. The second-order valence-electron chi connectivity index (χ2n) is 6.97. The number of benzene rings is 2. The van der Waals surface area contributed by atoms with E-state index in [1.54, 1.807) is 12.4 Å². The predicted octanol–water partition coefficient (Wildman–Crippen LogP) is 4.36. The Labute approximate surface area is 167 Å². The lowest BCUT2D eigenvalue weighted by atomic mass is 9.95. The third kappa shape index (κ3) is 2.95. The van der Waals surface area contributed by atoms with Crippen molar-refractivity contribution in [3.8, 4) is 0 Å². The van der Waals surface area contributed by atoms with Gasteiger partial charge in [0.05, 0.1) is 22.6 Å². The molecule has 6 heteroatoms. The summed E-state index contributed by atoms with van der Waals surface area (Å²) in [5.41, 5.74) is 4.93. The van der Waals surface area contributed by atoms with E-state index in [1.807, 2.05) is 73.7 Å². The Balaban J connectivity index is 1.67. The van der Waals surface area contributed by atoms with E-state index in [9.17, 15) is 4.79 Å². The van der Waals surface area contributed by atoms with E-state index in [4.69, 9.17) is 4.98 Å². The lowest BCUT2D eigenvalue weighted by Crippen LogP contribution is -2.31. The molecule has 2 N–H and O–H groups in total. The number of para-hydroxylation sites is 3. The quantitative estimate of drug-likeness (QED) is 0.553. The van der Waals surface area contributed by atoms with Crippen LogP contribution in [0.25, 0.3) is 11.0 Å². The van der Waals surface area contributed by atoms with Crippen LogP contribution in [0.15, 0.2) is 90.4 Å². The van der Waals surface area contributed by atoms with Gasteiger partial charge < -0.3 is 10.6 Å². The average Bonchev–Trinajstić information content (AvgIpc) is 3.12. The Morgan fingerprint density at radius 3 is 2.62 bits per heavy atom. The lowest BCUT2D eigenvalue weighted by molar-refractivity contribution is -0.113. The summed E-state index contributed by atoms with van der Waals surface area (Å²) in [4.78, 5) is 22.4. The van der Waals surface area contributed by atoms with Crippen molar-refractivity contribution >= 4 is 28.6 Å². The van der Waals surface area contributed by atoms with Gasteiger partial charge in [-0.15, -0.1) is 0 Å². The molecule has 6 nitrogen and oxygen atoms in total. The van der Waals surface area contributed by atoms with Crippen molar-refractivity contribution in [2.45, 2.75) is 13.0 Å². The number of rotatable bonds is 3. The van der Waals surface area contributed by atoms with Crippen LogP contribution in [0.4, 0.5) is 11.6 Å². The molecule has 5 rings (SSSR count). The second-order valence-corrected chi connectivity index (χ2v) is 6.97. The number of aromatic nitrogens is 3. The zero-order valence-electron chi connectivity index (χ0n) is 15.8. The van der Waals surface area contributed by atoms with Crippen molar-refractivity contribution in [1.29, 1.82) is 0 Å². The molecule has 29 heavy (non-hydrogen) atoms. The number of imidazole rings is 1. The third-order valence-electron chi connectivity index (χ3n) is 5.11. The van der Waals surface area contributed by atoms with Gasteiger partial charge in [-0.25, -0.2) is 4.98 Å². The monoisotopic (exact) mass is 381 g/mol. The molecule has 4 aromatic rings. The second kappa shape index (κ2) is 6.91. The Morgan fingerprint density at radius 2 is 1.83 bits per heavy atom. The molecule has 1 aliphatic rings. The van der Waals surface area contributed by atoms with E-state index < -0.39 is 0 Å². The van der Waals surface area contributed by atoms with Crippen LogP contribution in [0.3, 0.4) is 0 Å². The highest BCUT2D eigenvalue weighted by Gasteiger charge is 2.34. The number of pyridine rings is 1. The molecule has 0 aliphatic carbocycles. The molecule has 0 fully saturated rings. The minimum absolute atomic E-state index is 0.154. The van der Waals surface area contributed by atoms with Gasteiger partial charge in [0.25, 0.3) is 5.91 Å². The Hall–Kier alpha value is -3.93. The number of allylic oxidation sites excluding steroid dienone is 1. The van der Waals surface area contributed by atoms with E-state index >= 15 is 0 Å². The Morgan fingerprint density at radius 1 is 1.03 bits per heavy atom. The molecule has 1 atom stereocenters. The molecular weight excluding hydrogens is 362 g/mol. The molecule has 0 unspecified atom stereocenters. The summed E-state index contributed by atoms with van der Waals surface area (Å²) >= 11 is 0. The summed E-state index contributed by atoms with van der Waals surface area (Å²) < 4.78 is 2.07. The average molecular weight is 381 g/mol. The standard InChI is InChI=1S/C23H19N5O/c1-15-20(22(29)26-17-9-3-2-4-10-17)21(16-8-7-13-24-14-16)28-19-12-6-5-11-18(19)27-23(28)25-15/h2-14,21H,1H3,(H,25,27)(H,26,29)/t21-/m1/s1. The van der Waals surface area contributed by atoms with Gasteiger partial charge in [0, 0.05) is 23.8 Å². The lowest BCUT2D eigenvalue weighted by Gasteiger charge is -2.30. The first-order valence-corrected chi connectivity index (χ1v) is 9.43. The number of carbonyl (C=O) groups is 1. The Kier molecular flexibility index (Phi) is 4.09. The zero-order chi connectivity index (χ0) is 19.8. The number of hydrogen-bond donors (Lipinski definition) is 2. The van der Waals surface area contributed by atoms with Crippen LogP contribution in [-0.4, -0.2) is 20.4 Å². The van der Waals surface area contributed by atoms with Crippen LogP contribution in [0.2, 0.25) is 0 Å². The van der Waals surface area contributed by atoms with Crippen LogP contribution in [0.1, 0.15) is 18.5 Å². The number of fused-ring (bicyclic) bond motifs is 3. The van der Waals surface area contributed by atoms with Crippen molar-refractivity contribution in [3.63, 3.8) is 0 Å². The maximum absolute atomic E-state index is 13.4. The van der Waals surface area contributed by atoms with Crippen molar-refractivity contribution in [3.05, 3.63) is 96.0 Å². The molecule has 0 radical (unpaired) electrons. The molecule has 0 spiro atoms. The summed E-state index contributed by atoms with van der Waals surface area (Å²) in [6.07, 6.45) is 3.54. The summed E-state index contributed by atoms with van der Waals surface area (Å²) in [6, 6.07) is 20.9. The minimum Gasteiger partial charge on any atom is -0.329 e. The highest BCUT2D eigenvalue weighted by molar-refractivity contribution is 6.06. The first kappa shape index (κ1) is 17.2. The molecule has 0 saturated heterocycles. The number of carbonyl (C=O) groups excluding carboxylic acids is 1. The topological polar surface area (TPSA) is 71.8 Å². The normalized spacial score (nSPS) is 15.7. The van der Waals surface area contributed by atoms with Crippen LogP contribution in [0.5, 0.6) is 0 Å². The molecule has 3 heterocycles. The van der Waals surface area contributed by atoms with Crippen LogP contribution in [-0.2, 0) is 4.79 Å². The van der Waals surface area contributed by atoms with E-state index in [2.05, 4.69) is 20.2 Å². The maximum Gasteiger partial charge on any atom is 0.255 e. The number of hydrogen-bond acceptors (Lipinski definition) is 4. The van der Waals surface area contributed by atoms with Crippen molar-refractivity contribution in [2.24, 2.45) is 0 Å². The summed E-state index contributed by atoms with van der Waals surface area (Å²) in [5.74, 6) is 0.562. The number of nitrogens with zero attached hydrogens (tertiary/aromatic N) is 3. The van der Waals surface area contributed by atoms with Crippen LogP contribution < -0.4 is 10.6 Å². The van der Waals surface area contributed by atoms with Gasteiger partial charge >= 0.3 is 0 Å². The molecule has 2 aromatic heterocycles. The molecular formula is C23H19N5O. The molecule has 0 saturated carbocycles. The van der Waals surface area contributed by atoms with Crippen molar-refractivity contribution in [1.82, 2.24) is 14.5 Å². The maximum atomic E-state index is 13.4. The molecule has 142 valence electrons. The summed E-state index contributed by atoms with van der Waals surface area (Å²) in [7, 11) is 0. The Bertz CT molecular complexity index is 1230. The highest BCUT2D eigenvalue weighted by atomic mass is 16.1. The fraction of sp³-hybridized carbons (Fsp3) is 0.0870. The molecule has 1 aliphatic heterocycles. The van der Waals surface area contributed by atoms with E-state index in [0.717, 1.165) is 28.0 Å².